The predicted molar refractivity (Wildman–Crippen MR) is 212 cm³/mol. The van der Waals surface area contributed by atoms with Crippen LogP contribution in [-0.2, 0) is 43.2 Å². The number of carbonyl (C=O) groups is 9. The number of unbranched alkanes of at least 4 members (excludes halogenated alkanes) is 1. The summed E-state index contributed by atoms with van der Waals surface area (Å²) in [6, 6.07) is -9.23. The first kappa shape index (κ1) is 53.1. The summed E-state index contributed by atoms with van der Waals surface area (Å²) in [7, 11) is 0. The van der Waals surface area contributed by atoms with Gasteiger partial charge in [0.15, 0.2) is 0 Å². The van der Waals surface area contributed by atoms with Gasteiger partial charge in [-0.1, -0.05) is 54.4 Å². The second-order valence-electron chi connectivity index (χ2n) is 14.9. The lowest BCUT2D eigenvalue weighted by atomic mass is 9.96. The molecule has 0 fully saturated rings. The van der Waals surface area contributed by atoms with E-state index >= 15 is 0 Å². The molecule has 332 valence electrons. The zero-order chi connectivity index (χ0) is 44.7. The molecule has 0 saturated heterocycles. The lowest BCUT2D eigenvalue weighted by molar-refractivity contribution is -0.144. The molecule has 0 aliphatic heterocycles. The Balaban J connectivity index is 6.52. The predicted octanol–water partition coefficient (Wildman–Crippen LogP) is -2.90. The highest BCUT2D eigenvalue weighted by molar-refractivity contribution is 5.98. The molecule has 0 bridgehead atoms. The molecular formula is C37H68N10O11. The maximum Gasteiger partial charge on any atom is 0.326 e. The van der Waals surface area contributed by atoms with E-state index in [0.717, 1.165) is 0 Å². The number of carboxylic acid groups (broad SMARTS) is 1. The normalized spacial score (nSPS) is 15.8. The van der Waals surface area contributed by atoms with Crippen molar-refractivity contribution in [3.63, 3.8) is 0 Å². The van der Waals surface area contributed by atoms with Gasteiger partial charge in [-0.05, 0) is 62.8 Å². The Morgan fingerprint density at radius 3 is 1.43 bits per heavy atom. The van der Waals surface area contributed by atoms with Crippen LogP contribution in [0, 0.1) is 17.8 Å². The van der Waals surface area contributed by atoms with Gasteiger partial charge in [0, 0.05) is 13.0 Å². The molecule has 0 heterocycles. The quantitative estimate of drug-likeness (QED) is 0.0324. The molecule has 58 heavy (non-hydrogen) atoms. The second-order valence-corrected chi connectivity index (χ2v) is 14.9. The molecular weight excluding hydrogens is 760 g/mol. The Bertz CT molecular complexity index is 1400. The Kier molecular flexibility index (Phi) is 25.4. The molecule has 0 aromatic rings. The minimum absolute atomic E-state index is 0.0171. The van der Waals surface area contributed by atoms with E-state index in [1.54, 1.807) is 41.5 Å². The maximum absolute atomic E-state index is 13.9. The Morgan fingerprint density at radius 2 is 0.983 bits per heavy atom. The fourth-order valence-corrected chi connectivity index (χ4v) is 5.56. The number of rotatable bonds is 30. The third kappa shape index (κ3) is 19.5. The summed E-state index contributed by atoms with van der Waals surface area (Å²) in [5, 5.41) is 34.1. The number of aliphatic carboxylic acids is 1. The van der Waals surface area contributed by atoms with Crippen LogP contribution in [-0.4, -0.2) is 119 Å². The molecule has 21 heteroatoms. The minimum Gasteiger partial charge on any atom is -0.480 e. The zero-order valence-corrected chi connectivity index (χ0v) is 34.6. The fraction of sp³-hybridized carbons (Fsp3) is 0.757. The third-order valence-electron chi connectivity index (χ3n) is 9.81. The molecule has 16 N–H and O–H groups in total. The van der Waals surface area contributed by atoms with Crippen LogP contribution < -0.4 is 54.8 Å². The first-order valence-electron chi connectivity index (χ1n) is 19.8. The second kappa shape index (κ2) is 27.7. The summed E-state index contributed by atoms with van der Waals surface area (Å²) in [6.45, 7) is 10.0. The molecule has 0 rings (SSSR count). The van der Waals surface area contributed by atoms with E-state index in [1.165, 1.54) is 0 Å². The molecule has 0 radical (unpaired) electrons. The summed E-state index contributed by atoms with van der Waals surface area (Å²) in [5.74, 6) is -9.46. The molecule has 21 nitrogen and oxygen atoms in total. The van der Waals surface area contributed by atoms with Crippen molar-refractivity contribution >= 4 is 53.2 Å². The van der Waals surface area contributed by atoms with Crippen LogP contribution in [0.25, 0.3) is 0 Å². The molecule has 0 unspecified atom stereocenters. The number of carboxylic acids is 1. The van der Waals surface area contributed by atoms with Crippen molar-refractivity contribution in [3.8, 4) is 0 Å². The first-order chi connectivity index (χ1) is 27.1. The highest BCUT2D eigenvalue weighted by Gasteiger charge is 2.36. The van der Waals surface area contributed by atoms with Gasteiger partial charge in [-0.3, -0.25) is 38.4 Å². The van der Waals surface area contributed by atoms with Crippen LogP contribution in [0.4, 0.5) is 0 Å². The van der Waals surface area contributed by atoms with Crippen molar-refractivity contribution in [2.75, 3.05) is 13.2 Å². The summed E-state index contributed by atoms with van der Waals surface area (Å²) >= 11 is 0. The van der Waals surface area contributed by atoms with Crippen LogP contribution >= 0.6 is 0 Å². The van der Waals surface area contributed by atoms with Crippen LogP contribution in [0.5, 0.6) is 0 Å². The van der Waals surface area contributed by atoms with E-state index < -0.39 is 114 Å². The zero-order valence-electron chi connectivity index (χ0n) is 34.6. The summed E-state index contributed by atoms with van der Waals surface area (Å²) in [4.78, 5) is 116. The fourth-order valence-electron chi connectivity index (χ4n) is 5.56. The van der Waals surface area contributed by atoms with Crippen molar-refractivity contribution in [1.82, 2.24) is 31.9 Å². The number of hydrogen-bond donors (Lipinski definition) is 12. The van der Waals surface area contributed by atoms with Crippen LogP contribution in [0.3, 0.4) is 0 Å². The van der Waals surface area contributed by atoms with Gasteiger partial charge >= 0.3 is 5.97 Å². The minimum atomic E-state index is -1.50. The average Bonchev–Trinajstić information content (AvgIpc) is 3.16. The highest BCUT2D eigenvalue weighted by Crippen LogP contribution is 2.13. The van der Waals surface area contributed by atoms with Crippen molar-refractivity contribution in [2.24, 2.45) is 40.7 Å². The van der Waals surface area contributed by atoms with Gasteiger partial charge in [0.05, 0.1) is 12.5 Å². The van der Waals surface area contributed by atoms with E-state index in [9.17, 15) is 53.4 Å². The van der Waals surface area contributed by atoms with Gasteiger partial charge in [-0.25, -0.2) is 4.79 Å². The Labute approximate surface area is 340 Å². The molecule has 8 amide bonds. The van der Waals surface area contributed by atoms with Gasteiger partial charge in [0.25, 0.3) is 0 Å². The van der Waals surface area contributed by atoms with Gasteiger partial charge in [0.2, 0.25) is 47.3 Å². The lowest BCUT2D eigenvalue weighted by Crippen LogP contribution is -2.61. The van der Waals surface area contributed by atoms with Crippen molar-refractivity contribution in [2.45, 2.75) is 148 Å². The van der Waals surface area contributed by atoms with Crippen LogP contribution in [0.1, 0.15) is 106 Å². The molecule has 9 atom stereocenters. The largest absolute Gasteiger partial charge is 0.480 e. The molecule has 0 aliphatic rings. The number of hydrogen-bond acceptors (Lipinski definition) is 12. The highest BCUT2D eigenvalue weighted by atomic mass is 16.4. The van der Waals surface area contributed by atoms with Gasteiger partial charge in [0.1, 0.15) is 36.3 Å². The van der Waals surface area contributed by atoms with E-state index in [0.29, 0.717) is 25.7 Å². The Morgan fingerprint density at radius 1 is 0.552 bits per heavy atom. The SMILES string of the molecule is CC[C@H](C)[C@H](NC(=O)[C@H](CCCO)NC(=O)[C@H](CCCCN)NC(=O)[C@H](CCC(N)=O)NC(=O)[C@@H](NC(=O)[C@H](CC(N)=O)NC(=O)[C@@H](N)C(C)C)[C@@H](C)CC)C(=O)O. The summed E-state index contributed by atoms with van der Waals surface area (Å²) in [6.07, 6.45) is 0.241. The molecule has 0 aliphatic carbocycles. The number of primary amides is 2. The van der Waals surface area contributed by atoms with Crippen molar-refractivity contribution in [1.29, 1.82) is 0 Å². The van der Waals surface area contributed by atoms with Gasteiger partial charge in [-0.15, -0.1) is 0 Å². The number of carbonyl (C=O) groups excluding carboxylic acids is 8. The average molecular weight is 829 g/mol. The smallest absolute Gasteiger partial charge is 0.326 e. The first-order valence-corrected chi connectivity index (χ1v) is 19.8. The number of nitrogens with one attached hydrogen (secondary N) is 6. The number of aliphatic hydroxyl groups excluding tert-OH is 1. The van der Waals surface area contributed by atoms with Crippen LogP contribution in [0.2, 0.25) is 0 Å². The van der Waals surface area contributed by atoms with E-state index in [-0.39, 0.29) is 51.2 Å². The van der Waals surface area contributed by atoms with Gasteiger partial charge in [-0.2, -0.15) is 0 Å². The number of nitrogens with two attached hydrogens (primary N) is 4. The number of aliphatic hydroxyl groups is 1. The standard InChI is InChI=1S/C37H68N10O11/c1-7-20(5)29(46-34(54)25(18-27(40)50)45-35(55)28(41)19(3)4)36(56)44-24(14-15-26(39)49)32(52)42-22(12-9-10-16-38)31(51)43-23(13-11-17-48)33(53)47-30(37(57)58)21(6)8-2/h19-25,28-30,48H,7-18,38,41H2,1-6H3,(H2,39,49)(H2,40,50)(H,42,52)(H,43,51)(H,44,56)(H,45,55)(H,46,54)(H,47,53)(H,57,58)/t20-,21-,22-,23-,24-,25-,28-,29-,30-/m0/s1. The maximum atomic E-state index is 13.9. The summed E-state index contributed by atoms with van der Waals surface area (Å²) < 4.78 is 0. The van der Waals surface area contributed by atoms with E-state index in [1.807, 2.05) is 0 Å². The molecule has 0 aromatic carbocycles. The van der Waals surface area contributed by atoms with E-state index in [2.05, 4.69) is 31.9 Å². The van der Waals surface area contributed by atoms with Crippen molar-refractivity contribution in [3.05, 3.63) is 0 Å². The topological polar surface area (TPSA) is 370 Å². The van der Waals surface area contributed by atoms with Crippen molar-refractivity contribution < 1.29 is 53.4 Å². The molecule has 0 saturated carbocycles. The monoisotopic (exact) mass is 829 g/mol. The molecule has 0 spiro atoms. The summed E-state index contributed by atoms with van der Waals surface area (Å²) in [5.41, 5.74) is 22.3. The molecule has 0 aromatic heterocycles. The number of amides is 8. The lowest BCUT2D eigenvalue weighted by Gasteiger charge is -2.29. The van der Waals surface area contributed by atoms with Crippen LogP contribution in [0.15, 0.2) is 0 Å². The van der Waals surface area contributed by atoms with E-state index in [4.69, 9.17) is 22.9 Å². The van der Waals surface area contributed by atoms with Gasteiger partial charge < -0.3 is 65.0 Å². The Hall–Kier alpha value is -4.89. The third-order valence-corrected chi connectivity index (χ3v) is 9.81.